The number of hydrogen-bond acceptors (Lipinski definition) is 5. The normalized spacial score (nSPS) is 10.8. The van der Waals surface area contributed by atoms with Crippen LogP contribution in [0.5, 0.6) is 5.75 Å². The van der Waals surface area contributed by atoms with Crippen LogP contribution in [0.25, 0.3) is 0 Å². The second-order valence-electron chi connectivity index (χ2n) is 7.26. The Morgan fingerprint density at radius 2 is 1.68 bits per heavy atom. The van der Waals surface area contributed by atoms with Gasteiger partial charge in [0.2, 0.25) is 0 Å². The van der Waals surface area contributed by atoms with Crippen molar-refractivity contribution in [3.63, 3.8) is 0 Å². The minimum absolute atomic E-state index is 0.160. The van der Waals surface area contributed by atoms with E-state index >= 15 is 0 Å². The molecule has 0 aliphatic rings. The van der Waals surface area contributed by atoms with Gasteiger partial charge >= 0.3 is 12.1 Å². The first-order chi connectivity index (χ1) is 13.3. The highest BCUT2D eigenvalue weighted by atomic mass is 16.6. The molecular formula is C22H27NO5. The first-order valence-electron chi connectivity index (χ1n) is 9.20. The molecule has 0 spiro atoms. The SMILES string of the molecule is CC(C)(C)OC(=O)NCCc1cccc(OCC(=O)OCc2ccccc2)c1. The summed E-state index contributed by atoms with van der Waals surface area (Å²) >= 11 is 0. The van der Waals surface area contributed by atoms with Crippen LogP contribution in [0.15, 0.2) is 54.6 Å². The van der Waals surface area contributed by atoms with Crippen LogP contribution < -0.4 is 10.1 Å². The van der Waals surface area contributed by atoms with Crippen LogP contribution in [0.2, 0.25) is 0 Å². The summed E-state index contributed by atoms with van der Waals surface area (Å²) in [6.45, 7) is 5.96. The molecule has 28 heavy (non-hydrogen) atoms. The molecule has 0 aliphatic carbocycles. The van der Waals surface area contributed by atoms with E-state index in [0.29, 0.717) is 18.7 Å². The summed E-state index contributed by atoms with van der Waals surface area (Å²) in [7, 11) is 0. The van der Waals surface area contributed by atoms with Gasteiger partial charge in [-0.25, -0.2) is 9.59 Å². The number of benzene rings is 2. The van der Waals surface area contributed by atoms with E-state index < -0.39 is 17.7 Å². The zero-order valence-electron chi connectivity index (χ0n) is 16.6. The predicted octanol–water partition coefficient (Wildman–Crippen LogP) is 3.88. The molecule has 0 saturated carbocycles. The zero-order chi connectivity index (χ0) is 20.4. The fourth-order valence-corrected chi connectivity index (χ4v) is 2.34. The Kier molecular flexibility index (Phi) is 7.87. The van der Waals surface area contributed by atoms with Gasteiger partial charge in [-0.15, -0.1) is 0 Å². The average Bonchev–Trinajstić information content (AvgIpc) is 2.64. The predicted molar refractivity (Wildman–Crippen MR) is 106 cm³/mol. The van der Waals surface area contributed by atoms with Crippen molar-refractivity contribution in [2.24, 2.45) is 0 Å². The van der Waals surface area contributed by atoms with Crippen LogP contribution >= 0.6 is 0 Å². The van der Waals surface area contributed by atoms with Crippen LogP contribution in [0.3, 0.4) is 0 Å². The van der Waals surface area contributed by atoms with Gasteiger partial charge in [-0.05, 0) is 50.5 Å². The lowest BCUT2D eigenvalue weighted by Gasteiger charge is -2.19. The van der Waals surface area contributed by atoms with Crippen molar-refractivity contribution in [3.8, 4) is 5.75 Å². The van der Waals surface area contributed by atoms with E-state index in [0.717, 1.165) is 11.1 Å². The van der Waals surface area contributed by atoms with E-state index in [9.17, 15) is 9.59 Å². The van der Waals surface area contributed by atoms with E-state index in [-0.39, 0.29) is 13.2 Å². The minimum atomic E-state index is -0.521. The summed E-state index contributed by atoms with van der Waals surface area (Å²) in [6, 6.07) is 16.9. The molecule has 0 fully saturated rings. The average molecular weight is 385 g/mol. The summed E-state index contributed by atoms with van der Waals surface area (Å²) in [5.74, 6) is 0.146. The van der Waals surface area contributed by atoms with Crippen LogP contribution in [0.1, 0.15) is 31.9 Å². The van der Waals surface area contributed by atoms with E-state index in [4.69, 9.17) is 14.2 Å². The van der Waals surface area contributed by atoms with Crippen molar-refractivity contribution in [2.45, 2.75) is 39.4 Å². The standard InChI is InChI=1S/C22H27NO5/c1-22(2,3)28-21(25)23-13-12-17-10-7-11-19(14-17)26-16-20(24)27-15-18-8-5-4-6-9-18/h4-11,14H,12-13,15-16H2,1-3H3,(H,23,25). The number of rotatable bonds is 8. The van der Waals surface area contributed by atoms with Gasteiger partial charge < -0.3 is 19.5 Å². The molecule has 0 heterocycles. The second-order valence-corrected chi connectivity index (χ2v) is 7.26. The fourth-order valence-electron chi connectivity index (χ4n) is 2.34. The van der Waals surface area contributed by atoms with Crippen molar-refractivity contribution in [2.75, 3.05) is 13.2 Å². The Morgan fingerprint density at radius 3 is 2.39 bits per heavy atom. The van der Waals surface area contributed by atoms with E-state index in [1.54, 1.807) is 6.07 Å². The topological polar surface area (TPSA) is 73.9 Å². The highest BCUT2D eigenvalue weighted by Crippen LogP contribution is 2.14. The monoisotopic (exact) mass is 385 g/mol. The minimum Gasteiger partial charge on any atom is -0.482 e. The highest BCUT2D eigenvalue weighted by Gasteiger charge is 2.15. The summed E-state index contributed by atoms with van der Waals surface area (Å²) in [5.41, 5.74) is 1.38. The third kappa shape index (κ3) is 8.58. The number of hydrogen-bond donors (Lipinski definition) is 1. The van der Waals surface area contributed by atoms with Crippen LogP contribution in [0, 0.1) is 0 Å². The number of alkyl carbamates (subject to hydrolysis) is 1. The van der Waals surface area contributed by atoms with Gasteiger partial charge in [0.05, 0.1) is 0 Å². The maximum absolute atomic E-state index is 11.8. The quantitative estimate of drug-likeness (QED) is 0.698. The van der Waals surface area contributed by atoms with Gasteiger partial charge in [0.25, 0.3) is 0 Å². The number of carbonyl (C=O) groups excluding carboxylic acids is 2. The van der Waals surface area contributed by atoms with Crippen molar-refractivity contribution in [1.82, 2.24) is 5.32 Å². The van der Waals surface area contributed by atoms with Gasteiger partial charge in [0.15, 0.2) is 6.61 Å². The first-order valence-corrected chi connectivity index (χ1v) is 9.20. The molecule has 2 aromatic rings. The molecule has 6 heteroatoms. The van der Waals surface area contributed by atoms with E-state index in [1.807, 2.05) is 69.3 Å². The molecule has 0 unspecified atom stereocenters. The van der Waals surface area contributed by atoms with E-state index in [2.05, 4.69) is 5.32 Å². The number of esters is 1. The molecule has 1 amide bonds. The molecule has 0 radical (unpaired) electrons. The van der Waals surface area contributed by atoms with Crippen molar-refractivity contribution in [1.29, 1.82) is 0 Å². The van der Waals surface area contributed by atoms with Crippen molar-refractivity contribution in [3.05, 3.63) is 65.7 Å². The molecule has 2 rings (SSSR count). The van der Waals surface area contributed by atoms with E-state index in [1.165, 1.54) is 0 Å². The summed E-state index contributed by atoms with van der Waals surface area (Å²) in [5, 5.41) is 2.71. The maximum Gasteiger partial charge on any atom is 0.407 e. The van der Waals surface area contributed by atoms with Crippen LogP contribution in [0.4, 0.5) is 4.79 Å². The Bertz CT molecular complexity index is 768. The molecule has 0 saturated heterocycles. The summed E-state index contributed by atoms with van der Waals surface area (Å²) in [4.78, 5) is 23.5. The lowest BCUT2D eigenvalue weighted by Crippen LogP contribution is -2.33. The van der Waals surface area contributed by atoms with Gasteiger partial charge in [-0.1, -0.05) is 42.5 Å². The van der Waals surface area contributed by atoms with Crippen molar-refractivity contribution < 1.29 is 23.8 Å². The fraction of sp³-hybridized carbons (Fsp3) is 0.364. The largest absolute Gasteiger partial charge is 0.482 e. The molecule has 1 N–H and O–H groups in total. The third-order valence-electron chi connectivity index (χ3n) is 3.58. The molecule has 0 atom stereocenters. The molecule has 6 nitrogen and oxygen atoms in total. The number of ether oxygens (including phenoxy) is 3. The smallest absolute Gasteiger partial charge is 0.407 e. The Hall–Kier alpha value is -3.02. The molecule has 0 bridgehead atoms. The summed E-state index contributed by atoms with van der Waals surface area (Å²) < 4.78 is 15.9. The highest BCUT2D eigenvalue weighted by molar-refractivity contribution is 5.71. The van der Waals surface area contributed by atoms with Crippen LogP contribution in [-0.4, -0.2) is 30.8 Å². The van der Waals surface area contributed by atoms with Crippen molar-refractivity contribution >= 4 is 12.1 Å². The molecule has 2 aromatic carbocycles. The lowest BCUT2D eigenvalue weighted by atomic mass is 10.1. The zero-order valence-corrected chi connectivity index (χ0v) is 16.6. The number of amides is 1. The molecule has 0 aliphatic heterocycles. The molecule has 150 valence electrons. The van der Waals surface area contributed by atoms with Gasteiger partial charge in [-0.3, -0.25) is 0 Å². The number of carbonyl (C=O) groups is 2. The van der Waals surface area contributed by atoms with Crippen LogP contribution in [-0.2, 0) is 27.3 Å². The summed E-state index contributed by atoms with van der Waals surface area (Å²) in [6.07, 6.45) is 0.176. The molecular weight excluding hydrogens is 358 g/mol. The lowest BCUT2D eigenvalue weighted by molar-refractivity contribution is -0.147. The van der Waals surface area contributed by atoms with Gasteiger partial charge in [0, 0.05) is 6.54 Å². The number of nitrogens with one attached hydrogen (secondary N) is 1. The maximum atomic E-state index is 11.8. The third-order valence-corrected chi connectivity index (χ3v) is 3.58. The van der Waals surface area contributed by atoms with Gasteiger partial charge in [0.1, 0.15) is 18.0 Å². The Labute approximate surface area is 165 Å². The Balaban J connectivity index is 1.72. The first kappa shape index (κ1) is 21.3. The van der Waals surface area contributed by atoms with Gasteiger partial charge in [-0.2, -0.15) is 0 Å². The second kappa shape index (κ2) is 10.3. The Morgan fingerprint density at radius 1 is 0.964 bits per heavy atom. The molecule has 0 aromatic heterocycles.